The normalized spacial score (nSPS) is 18.1. The smallest absolute Gasteiger partial charge is 0.282 e. The van der Waals surface area contributed by atoms with Crippen molar-refractivity contribution in [2.75, 3.05) is 39.3 Å². The van der Waals surface area contributed by atoms with Gasteiger partial charge in [-0.05, 0) is 19.1 Å². The van der Waals surface area contributed by atoms with Crippen LogP contribution in [0.1, 0.15) is 32.7 Å². The monoisotopic (exact) mass is 393 g/mol. The number of hydrogen-bond acceptors (Lipinski definition) is 6. The van der Waals surface area contributed by atoms with Crippen LogP contribution >= 0.6 is 0 Å². The highest BCUT2D eigenvalue weighted by Crippen LogP contribution is 2.25. The second-order valence-corrected chi connectivity index (χ2v) is 8.44. The number of hydrogen-bond donors (Lipinski definition) is 0. The van der Waals surface area contributed by atoms with Crippen molar-refractivity contribution < 1.29 is 12.8 Å². The summed E-state index contributed by atoms with van der Waals surface area (Å²) in [4.78, 5) is 2.18. The summed E-state index contributed by atoms with van der Waals surface area (Å²) in [6, 6.07) is 9.59. The van der Waals surface area contributed by atoms with Crippen LogP contribution in [0.2, 0.25) is 0 Å². The van der Waals surface area contributed by atoms with Gasteiger partial charge >= 0.3 is 0 Å². The Hall–Kier alpha value is -1.81. The number of aromatic nitrogens is 2. The molecule has 1 aromatic heterocycles. The average molecular weight is 394 g/mol. The lowest BCUT2D eigenvalue weighted by Gasteiger charge is -2.37. The van der Waals surface area contributed by atoms with E-state index in [1.807, 2.05) is 51.1 Å². The van der Waals surface area contributed by atoms with Crippen molar-refractivity contribution >= 4 is 10.2 Å². The minimum atomic E-state index is -3.38. The Labute approximate surface area is 161 Å². The molecule has 1 saturated heterocycles. The van der Waals surface area contributed by atoms with Crippen LogP contribution < -0.4 is 0 Å². The van der Waals surface area contributed by atoms with E-state index in [-0.39, 0.29) is 6.04 Å². The zero-order valence-electron chi connectivity index (χ0n) is 16.1. The summed E-state index contributed by atoms with van der Waals surface area (Å²) in [5.41, 5.74) is 0.888. The van der Waals surface area contributed by atoms with Crippen LogP contribution in [0, 0.1) is 0 Å². The van der Waals surface area contributed by atoms with Crippen molar-refractivity contribution in [2.24, 2.45) is 0 Å². The van der Waals surface area contributed by atoms with Gasteiger partial charge in [0.15, 0.2) is 0 Å². The average Bonchev–Trinajstić information content (AvgIpc) is 3.19. The Balaban J connectivity index is 1.64. The van der Waals surface area contributed by atoms with Gasteiger partial charge in [-0.15, -0.1) is 10.2 Å². The van der Waals surface area contributed by atoms with E-state index >= 15 is 0 Å². The van der Waals surface area contributed by atoms with Gasteiger partial charge in [-0.2, -0.15) is 17.0 Å². The first kappa shape index (κ1) is 19.9. The van der Waals surface area contributed by atoms with Crippen molar-refractivity contribution in [2.45, 2.75) is 26.8 Å². The lowest BCUT2D eigenvalue weighted by molar-refractivity contribution is 0.126. The minimum absolute atomic E-state index is 0.0618. The van der Waals surface area contributed by atoms with Gasteiger partial charge in [-0.1, -0.05) is 32.0 Å². The van der Waals surface area contributed by atoms with E-state index in [1.54, 1.807) is 4.31 Å². The van der Waals surface area contributed by atoms with Gasteiger partial charge in [0.05, 0.1) is 6.04 Å². The Bertz CT molecular complexity index is 828. The van der Waals surface area contributed by atoms with Gasteiger partial charge < -0.3 is 4.42 Å². The molecule has 0 bridgehead atoms. The number of benzene rings is 1. The van der Waals surface area contributed by atoms with Crippen LogP contribution in [-0.4, -0.2) is 71.4 Å². The number of piperazine rings is 1. The van der Waals surface area contributed by atoms with Crippen LogP contribution in [0.5, 0.6) is 0 Å². The molecule has 0 amide bonds. The lowest BCUT2D eigenvalue weighted by Crippen LogP contribution is -2.53. The van der Waals surface area contributed by atoms with Gasteiger partial charge in [0.1, 0.15) is 0 Å². The van der Waals surface area contributed by atoms with Gasteiger partial charge in [0.25, 0.3) is 10.2 Å². The van der Waals surface area contributed by atoms with Crippen LogP contribution in [0.15, 0.2) is 34.7 Å². The number of nitrogens with zero attached hydrogens (tertiary/aromatic N) is 5. The van der Waals surface area contributed by atoms with E-state index in [0.29, 0.717) is 51.0 Å². The fraction of sp³-hybridized carbons (Fsp3) is 0.556. The van der Waals surface area contributed by atoms with E-state index in [9.17, 15) is 8.42 Å². The molecule has 0 saturated carbocycles. The molecule has 1 fully saturated rings. The molecule has 27 heavy (non-hydrogen) atoms. The zero-order valence-corrected chi connectivity index (χ0v) is 16.9. The lowest BCUT2D eigenvalue weighted by atomic mass is 10.2. The maximum Gasteiger partial charge on any atom is 0.282 e. The number of rotatable bonds is 7. The molecule has 1 aliphatic heterocycles. The highest BCUT2D eigenvalue weighted by atomic mass is 32.2. The van der Waals surface area contributed by atoms with E-state index in [1.165, 1.54) is 4.31 Å². The Morgan fingerprint density at radius 1 is 1.07 bits per heavy atom. The molecule has 2 heterocycles. The Morgan fingerprint density at radius 3 is 2.30 bits per heavy atom. The SMILES string of the molecule is CCN(CC)S(=O)(=O)N1CCN(C(C)c2nnc(-c3ccccc3)o2)CC1. The Morgan fingerprint density at radius 2 is 1.70 bits per heavy atom. The molecule has 2 aromatic rings. The topological polar surface area (TPSA) is 82.8 Å². The molecule has 1 aliphatic rings. The van der Waals surface area contributed by atoms with Crippen LogP contribution in [0.4, 0.5) is 0 Å². The largest absolute Gasteiger partial charge is 0.419 e. The van der Waals surface area contributed by atoms with Crippen molar-refractivity contribution in [1.82, 2.24) is 23.7 Å². The van der Waals surface area contributed by atoms with Crippen LogP contribution in [-0.2, 0) is 10.2 Å². The predicted molar refractivity (Wildman–Crippen MR) is 103 cm³/mol. The van der Waals surface area contributed by atoms with Crippen molar-refractivity contribution in [1.29, 1.82) is 0 Å². The molecule has 3 rings (SSSR count). The maximum atomic E-state index is 12.6. The maximum absolute atomic E-state index is 12.6. The van der Waals surface area contributed by atoms with Gasteiger partial charge in [-0.3, -0.25) is 4.90 Å². The predicted octanol–water partition coefficient (Wildman–Crippen LogP) is 2.00. The first-order valence-corrected chi connectivity index (χ1v) is 10.7. The summed E-state index contributed by atoms with van der Waals surface area (Å²) in [6.07, 6.45) is 0. The highest BCUT2D eigenvalue weighted by Gasteiger charge is 2.33. The molecular weight excluding hydrogens is 366 g/mol. The van der Waals surface area contributed by atoms with E-state index in [4.69, 9.17) is 4.42 Å². The van der Waals surface area contributed by atoms with Crippen LogP contribution in [0.25, 0.3) is 11.5 Å². The molecule has 1 unspecified atom stereocenters. The fourth-order valence-corrected chi connectivity index (χ4v) is 4.90. The molecule has 8 nitrogen and oxygen atoms in total. The second kappa shape index (κ2) is 8.47. The standard InChI is InChI=1S/C18H27N5O3S/c1-4-22(5-2)27(24,25)23-13-11-21(12-14-23)15(3)17-19-20-18(26-17)16-9-7-6-8-10-16/h6-10,15H,4-5,11-14H2,1-3H3. The fourth-order valence-electron chi connectivity index (χ4n) is 3.29. The molecule has 1 aromatic carbocycles. The van der Waals surface area contributed by atoms with Gasteiger partial charge in [-0.25, -0.2) is 0 Å². The summed E-state index contributed by atoms with van der Waals surface area (Å²) in [6.45, 7) is 8.88. The molecular formula is C18H27N5O3S. The molecule has 9 heteroatoms. The van der Waals surface area contributed by atoms with Gasteiger partial charge in [0, 0.05) is 44.8 Å². The Kier molecular flexibility index (Phi) is 6.25. The summed E-state index contributed by atoms with van der Waals surface area (Å²) in [5, 5.41) is 8.34. The van der Waals surface area contributed by atoms with E-state index in [2.05, 4.69) is 15.1 Å². The quantitative estimate of drug-likeness (QED) is 0.716. The molecule has 1 atom stereocenters. The van der Waals surface area contributed by atoms with Crippen molar-refractivity contribution in [3.05, 3.63) is 36.2 Å². The summed E-state index contributed by atoms with van der Waals surface area (Å²) < 4.78 is 34.2. The molecule has 0 radical (unpaired) electrons. The van der Waals surface area contributed by atoms with Crippen molar-refractivity contribution in [3.63, 3.8) is 0 Å². The van der Waals surface area contributed by atoms with Crippen LogP contribution in [0.3, 0.4) is 0 Å². The van der Waals surface area contributed by atoms with Crippen molar-refractivity contribution in [3.8, 4) is 11.5 Å². The molecule has 0 spiro atoms. The third kappa shape index (κ3) is 4.21. The molecule has 0 aliphatic carbocycles. The first-order chi connectivity index (χ1) is 13.0. The molecule has 0 N–H and O–H groups in total. The molecule has 148 valence electrons. The summed E-state index contributed by atoms with van der Waals surface area (Å²) >= 11 is 0. The second-order valence-electron chi connectivity index (χ2n) is 6.51. The van der Waals surface area contributed by atoms with Gasteiger partial charge in [0.2, 0.25) is 11.8 Å². The third-order valence-corrected chi connectivity index (χ3v) is 7.18. The van der Waals surface area contributed by atoms with E-state index in [0.717, 1.165) is 5.56 Å². The summed E-state index contributed by atoms with van der Waals surface area (Å²) in [7, 11) is -3.38. The van der Waals surface area contributed by atoms with E-state index < -0.39 is 10.2 Å². The third-order valence-electron chi connectivity index (χ3n) is 5.00. The zero-order chi connectivity index (χ0) is 19.4. The minimum Gasteiger partial charge on any atom is -0.419 e. The highest BCUT2D eigenvalue weighted by molar-refractivity contribution is 7.86. The first-order valence-electron chi connectivity index (χ1n) is 9.35. The summed E-state index contributed by atoms with van der Waals surface area (Å²) in [5.74, 6) is 1.05.